The molecule has 0 saturated heterocycles. The van der Waals surface area contributed by atoms with Crippen LogP contribution in [-0.2, 0) is 4.79 Å². The second-order valence-electron chi connectivity index (χ2n) is 4.68. The highest BCUT2D eigenvalue weighted by molar-refractivity contribution is 5.91. The Morgan fingerprint density at radius 3 is 2.70 bits per heavy atom. The molecular formula is C15H21ClN2O2. The highest BCUT2D eigenvalue weighted by atomic mass is 35.5. The molecule has 0 fully saturated rings. The van der Waals surface area contributed by atoms with E-state index in [-0.39, 0.29) is 18.3 Å². The van der Waals surface area contributed by atoms with Crippen molar-refractivity contribution >= 4 is 24.0 Å². The molecule has 3 N–H and O–H groups in total. The average Bonchev–Trinajstić information content (AvgIpc) is 2.90. The van der Waals surface area contributed by atoms with Crippen molar-refractivity contribution in [1.29, 1.82) is 0 Å². The predicted molar refractivity (Wildman–Crippen MR) is 83.4 cm³/mol. The Hall–Kier alpha value is -1.52. The zero-order valence-electron chi connectivity index (χ0n) is 11.4. The lowest BCUT2D eigenvalue weighted by Gasteiger charge is -2.09. The average molecular weight is 297 g/mol. The van der Waals surface area contributed by atoms with Crippen molar-refractivity contribution < 1.29 is 9.53 Å². The summed E-state index contributed by atoms with van der Waals surface area (Å²) in [5, 5.41) is 2.90. The maximum atomic E-state index is 11.8. The molecule has 1 aliphatic carbocycles. The summed E-state index contributed by atoms with van der Waals surface area (Å²) in [6, 6.07) is 7.35. The van der Waals surface area contributed by atoms with Crippen LogP contribution in [0.15, 0.2) is 36.4 Å². The van der Waals surface area contributed by atoms with Crippen molar-refractivity contribution in [3.8, 4) is 5.75 Å². The number of benzene rings is 1. The van der Waals surface area contributed by atoms with E-state index in [4.69, 9.17) is 10.5 Å². The van der Waals surface area contributed by atoms with E-state index in [0.717, 1.165) is 24.3 Å². The van der Waals surface area contributed by atoms with E-state index < -0.39 is 0 Å². The summed E-state index contributed by atoms with van der Waals surface area (Å²) >= 11 is 0. The van der Waals surface area contributed by atoms with E-state index in [1.54, 1.807) is 0 Å². The standard InChI is InChI=1S/C15H20N2O2.ClH/c16-9-10-19-14-7-5-13(6-8-14)17-15(18)11-12-3-1-2-4-12;/h1,3,5-8,12H,2,4,9-11,16H2,(H,17,18);1H. The summed E-state index contributed by atoms with van der Waals surface area (Å²) in [6.07, 6.45) is 7.00. The van der Waals surface area contributed by atoms with E-state index in [1.165, 1.54) is 0 Å². The molecule has 20 heavy (non-hydrogen) atoms. The molecule has 0 bridgehead atoms. The van der Waals surface area contributed by atoms with Crippen molar-refractivity contribution in [2.24, 2.45) is 11.7 Å². The number of ether oxygens (including phenoxy) is 1. The van der Waals surface area contributed by atoms with Crippen molar-refractivity contribution in [2.45, 2.75) is 19.3 Å². The first kappa shape index (κ1) is 16.5. The Kier molecular flexibility index (Phi) is 7.12. The molecule has 1 atom stereocenters. The molecule has 0 radical (unpaired) electrons. The molecule has 110 valence electrons. The van der Waals surface area contributed by atoms with Crippen LogP contribution in [-0.4, -0.2) is 19.1 Å². The lowest BCUT2D eigenvalue weighted by atomic mass is 10.1. The van der Waals surface area contributed by atoms with Crippen molar-refractivity contribution in [3.63, 3.8) is 0 Å². The van der Waals surface area contributed by atoms with Crippen LogP contribution in [0, 0.1) is 5.92 Å². The minimum atomic E-state index is 0. The van der Waals surface area contributed by atoms with Crippen LogP contribution in [0.4, 0.5) is 5.69 Å². The molecule has 0 saturated carbocycles. The molecule has 2 rings (SSSR count). The zero-order chi connectivity index (χ0) is 13.5. The first-order valence-electron chi connectivity index (χ1n) is 6.67. The molecule has 1 amide bonds. The number of amides is 1. The fourth-order valence-corrected chi connectivity index (χ4v) is 2.13. The normalized spacial score (nSPS) is 16.6. The lowest BCUT2D eigenvalue weighted by Crippen LogP contribution is -2.14. The van der Waals surface area contributed by atoms with Crippen LogP contribution in [0.1, 0.15) is 19.3 Å². The van der Waals surface area contributed by atoms with Crippen LogP contribution >= 0.6 is 12.4 Å². The van der Waals surface area contributed by atoms with Gasteiger partial charge in [-0.1, -0.05) is 12.2 Å². The Balaban J connectivity index is 0.00000200. The van der Waals surface area contributed by atoms with Crippen LogP contribution < -0.4 is 15.8 Å². The fourth-order valence-electron chi connectivity index (χ4n) is 2.13. The number of hydrogen-bond donors (Lipinski definition) is 2. The van der Waals surface area contributed by atoms with Gasteiger partial charge >= 0.3 is 0 Å². The maximum absolute atomic E-state index is 11.8. The summed E-state index contributed by atoms with van der Waals surface area (Å²) < 4.78 is 5.38. The number of nitrogens with one attached hydrogen (secondary N) is 1. The molecule has 1 unspecified atom stereocenters. The topological polar surface area (TPSA) is 64.3 Å². The van der Waals surface area contributed by atoms with Gasteiger partial charge in [-0.3, -0.25) is 4.79 Å². The van der Waals surface area contributed by atoms with Gasteiger partial charge in [0.15, 0.2) is 0 Å². The largest absolute Gasteiger partial charge is 0.492 e. The van der Waals surface area contributed by atoms with E-state index >= 15 is 0 Å². The van der Waals surface area contributed by atoms with Crippen LogP contribution in [0.2, 0.25) is 0 Å². The second kappa shape index (κ2) is 8.61. The molecule has 0 aliphatic heterocycles. The molecule has 0 aromatic heterocycles. The number of allylic oxidation sites excluding steroid dienone is 2. The Bertz CT molecular complexity index is 446. The summed E-state index contributed by atoms with van der Waals surface area (Å²) in [4.78, 5) is 11.8. The fraction of sp³-hybridized carbons (Fsp3) is 0.400. The van der Waals surface area contributed by atoms with Gasteiger partial charge in [-0.15, -0.1) is 12.4 Å². The number of carbonyl (C=O) groups is 1. The maximum Gasteiger partial charge on any atom is 0.224 e. The monoisotopic (exact) mass is 296 g/mol. The van der Waals surface area contributed by atoms with Gasteiger partial charge in [-0.25, -0.2) is 0 Å². The number of rotatable bonds is 6. The van der Waals surface area contributed by atoms with Gasteiger partial charge in [0, 0.05) is 18.7 Å². The number of carbonyl (C=O) groups excluding carboxylic acids is 1. The highest BCUT2D eigenvalue weighted by Gasteiger charge is 2.13. The van der Waals surface area contributed by atoms with Crippen molar-refractivity contribution in [1.82, 2.24) is 0 Å². The number of halogens is 1. The van der Waals surface area contributed by atoms with Crippen LogP contribution in [0.5, 0.6) is 5.75 Å². The van der Waals surface area contributed by atoms with E-state index in [2.05, 4.69) is 17.5 Å². The van der Waals surface area contributed by atoms with Crippen molar-refractivity contribution in [2.75, 3.05) is 18.5 Å². The van der Waals surface area contributed by atoms with Gasteiger partial charge < -0.3 is 15.8 Å². The Morgan fingerprint density at radius 2 is 2.10 bits per heavy atom. The van der Waals surface area contributed by atoms with Gasteiger partial charge in [-0.05, 0) is 43.0 Å². The predicted octanol–water partition coefficient (Wildman–Crippen LogP) is 2.74. The molecule has 0 spiro atoms. The minimum absolute atomic E-state index is 0. The summed E-state index contributed by atoms with van der Waals surface area (Å²) in [5.74, 6) is 1.22. The SMILES string of the molecule is Cl.NCCOc1ccc(NC(=O)CC2C=CCC2)cc1. The second-order valence-corrected chi connectivity index (χ2v) is 4.68. The summed E-state index contributed by atoms with van der Waals surface area (Å²) in [6.45, 7) is 0.993. The lowest BCUT2D eigenvalue weighted by molar-refractivity contribution is -0.116. The Morgan fingerprint density at radius 1 is 1.35 bits per heavy atom. The molecule has 0 heterocycles. The molecule has 1 aliphatic rings. The molecular weight excluding hydrogens is 276 g/mol. The molecule has 1 aromatic rings. The van der Waals surface area contributed by atoms with E-state index in [0.29, 0.717) is 25.5 Å². The summed E-state index contributed by atoms with van der Waals surface area (Å²) in [5.41, 5.74) is 6.16. The first-order valence-corrected chi connectivity index (χ1v) is 6.67. The van der Waals surface area contributed by atoms with E-state index in [1.807, 2.05) is 24.3 Å². The van der Waals surface area contributed by atoms with Crippen LogP contribution in [0.25, 0.3) is 0 Å². The third-order valence-corrected chi connectivity index (χ3v) is 3.08. The van der Waals surface area contributed by atoms with Gasteiger partial charge in [0.1, 0.15) is 12.4 Å². The molecule has 1 aromatic carbocycles. The van der Waals surface area contributed by atoms with Crippen molar-refractivity contribution in [3.05, 3.63) is 36.4 Å². The third kappa shape index (κ3) is 5.23. The summed E-state index contributed by atoms with van der Waals surface area (Å²) in [7, 11) is 0. The number of anilines is 1. The number of hydrogen-bond acceptors (Lipinski definition) is 3. The quantitative estimate of drug-likeness (QED) is 0.793. The Labute approximate surface area is 125 Å². The zero-order valence-corrected chi connectivity index (χ0v) is 12.2. The first-order chi connectivity index (χ1) is 9.28. The van der Waals surface area contributed by atoms with Crippen LogP contribution in [0.3, 0.4) is 0 Å². The van der Waals surface area contributed by atoms with Gasteiger partial charge in [-0.2, -0.15) is 0 Å². The van der Waals surface area contributed by atoms with Gasteiger partial charge in [0.2, 0.25) is 5.91 Å². The highest BCUT2D eigenvalue weighted by Crippen LogP contribution is 2.21. The van der Waals surface area contributed by atoms with Gasteiger partial charge in [0.05, 0.1) is 0 Å². The minimum Gasteiger partial charge on any atom is -0.492 e. The molecule has 5 heteroatoms. The van der Waals surface area contributed by atoms with E-state index in [9.17, 15) is 4.79 Å². The third-order valence-electron chi connectivity index (χ3n) is 3.08. The smallest absolute Gasteiger partial charge is 0.224 e. The number of nitrogens with two attached hydrogens (primary N) is 1. The van der Waals surface area contributed by atoms with Gasteiger partial charge in [0.25, 0.3) is 0 Å². The molecule has 4 nitrogen and oxygen atoms in total.